The lowest BCUT2D eigenvalue weighted by molar-refractivity contribution is 0.181. The SMILES string of the molecule is CCc1cnc(N2CCC(CCCOc3cc(F)c(-c4noc(C[C@@H](C)O)n4)c(F)c3)CC2)nc1. The number of ether oxygens (including phenoxy) is 1. The number of hydrogen-bond acceptors (Lipinski definition) is 8. The molecule has 1 N–H and O–H groups in total. The minimum atomic E-state index is -0.828. The molecule has 4 rings (SSSR count). The fourth-order valence-corrected chi connectivity index (χ4v) is 4.22. The Morgan fingerprint density at radius 3 is 2.49 bits per heavy atom. The highest BCUT2D eigenvalue weighted by molar-refractivity contribution is 5.58. The Labute approximate surface area is 203 Å². The van der Waals surface area contributed by atoms with Crippen LogP contribution in [0.15, 0.2) is 29.0 Å². The molecule has 3 heterocycles. The number of benzene rings is 1. The molecule has 1 aromatic carbocycles. The first-order valence-corrected chi connectivity index (χ1v) is 12.1. The molecular formula is C25H31F2N5O3. The van der Waals surface area contributed by atoms with Gasteiger partial charge in [0, 0.05) is 37.6 Å². The van der Waals surface area contributed by atoms with Crippen LogP contribution in [0.5, 0.6) is 5.75 Å². The van der Waals surface area contributed by atoms with Crippen molar-refractivity contribution in [2.75, 3.05) is 24.6 Å². The van der Waals surface area contributed by atoms with Gasteiger partial charge in [-0.15, -0.1) is 0 Å². The van der Waals surface area contributed by atoms with E-state index in [-0.39, 0.29) is 29.4 Å². The van der Waals surface area contributed by atoms with Gasteiger partial charge in [0.05, 0.1) is 24.7 Å². The van der Waals surface area contributed by atoms with Crippen LogP contribution in [0.3, 0.4) is 0 Å². The number of halogens is 2. The number of nitrogens with zero attached hydrogens (tertiary/aromatic N) is 5. The van der Waals surface area contributed by atoms with Gasteiger partial charge in [-0.1, -0.05) is 12.1 Å². The standard InChI is InChI=1S/C25H31F2N5O3/c1-3-17-14-28-25(29-15-17)32-8-6-18(7-9-32)5-4-10-34-19-12-20(26)23(21(27)13-19)24-30-22(35-31-24)11-16(2)33/h12-16,18,33H,3-11H2,1-2H3/t16-/m1/s1. The smallest absolute Gasteiger partial charge is 0.229 e. The fourth-order valence-electron chi connectivity index (χ4n) is 4.22. The minimum Gasteiger partial charge on any atom is -0.493 e. The Hall–Kier alpha value is -3.14. The van der Waals surface area contributed by atoms with Crippen molar-refractivity contribution in [3.8, 4) is 17.1 Å². The lowest BCUT2D eigenvalue weighted by Gasteiger charge is -2.32. The van der Waals surface area contributed by atoms with Gasteiger partial charge in [-0.2, -0.15) is 4.98 Å². The van der Waals surface area contributed by atoms with Gasteiger partial charge < -0.3 is 19.3 Å². The van der Waals surface area contributed by atoms with Crippen molar-refractivity contribution in [3.05, 3.63) is 47.6 Å². The van der Waals surface area contributed by atoms with E-state index in [0.717, 1.165) is 68.8 Å². The van der Waals surface area contributed by atoms with E-state index in [1.165, 1.54) is 0 Å². The first-order valence-electron chi connectivity index (χ1n) is 12.1. The summed E-state index contributed by atoms with van der Waals surface area (Å²) < 4.78 is 39.7. The van der Waals surface area contributed by atoms with Gasteiger partial charge in [0.1, 0.15) is 17.4 Å². The summed E-state index contributed by atoms with van der Waals surface area (Å²) in [6, 6.07) is 2.26. The Morgan fingerprint density at radius 2 is 1.86 bits per heavy atom. The predicted octanol–water partition coefficient (Wildman–Crippen LogP) is 4.37. The summed E-state index contributed by atoms with van der Waals surface area (Å²) in [7, 11) is 0. The van der Waals surface area contributed by atoms with E-state index in [1.54, 1.807) is 6.92 Å². The molecule has 2 aromatic heterocycles. The van der Waals surface area contributed by atoms with Crippen molar-refractivity contribution < 1.29 is 23.1 Å². The third-order valence-corrected chi connectivity index (χ3v) is 6.20. The molecule has 3 aromatic rings. The highest BCUT2D eigenvalue weighted by Crippen LogP contribution is 2.29. The molecule has 1 fully saturated rings. The Morgan fingerprint density at radius 1 is 1.17 bits per heavy atom. The zero-order chi connectivity index (χ0) is 24.8. The third-order valence-electron chi connectivity index (χ3n) is 6.20. The van der Waals surface area contributed by atoms with Crippen LogP contribution < -0.4 is 9.64 Å². The Bertz CT molecular complexity index is 1080. The van der Waals surface area contributed by atoms with E-state index in [0.29, 0.717) is 12.5 Å². The van der Waals surface area contributed by atoms with Crippen LogP contribution in [0, 0.1) is 17.6 Å². The van der Waals surface area contributed by atoms with Gasteiger partial charge in [0.2, 0.25) is 17.7 Å². The number of piperidine rings is 1. The van der Waals surface area contributed by atoms with E-state index in [4.69, 9.17) is 9.26 Å². The lowest BCUT2D eigenvalue weighted by Crippen LogP contribution is -2.35. The zero-order valence-electron chi connectivity index (χ0n) is 20.1. The largest absolute Gasteiger partial charge is 0.493 e. The molecule has 0 spiro atoms. The van der Waals surface area contributed by atoms with Crippen LogP contribution in [0.4, 0.5) is 14.7 Å². The second-order valence-corrected chi connectivity index (χ2v) is 8.99. The van der Waals surface area contributed by atoms with Gasteiger partial charge in [-0.25, -0.2) is 18.7 Å². The van der Waals surface area contributed by atoms with Gasteiger partial charge in [0.25, 0.3) is 0 Å². The number of aliphatic hydroxyl groups is 1. The molecule has 35 heavy (non-hydrogen) atoms. The number of rotatable bonds is 10. The van der Waals surface area contributed by atoms with E-state index >= 15 is 0 Å². The molecule has 1 saturated heterocycles. The monoisotopic (exact) mass is 487 g/mol. The Kier molecular flexibility index (Phi) is 8.22. The maximum atomic E-state index is 14.6. The lowest BCUT2D eigenvalue weighted by atomic mass is 9.92. The minimum absolute atomic E-state index is 0.107. The number of aliphatic hydroxyl groups excluding tert-OH is 1. The van der Waals surface area contributed by atoms with Crippen LogP contribution in [-0.4, -0.2) is 51.0 Å². The Balaban J connectivity index is 1.23. The highest BCUT2D eigenvalue weighted by Gasteiger charge is 2.22. The second kappa shape index (κ2) is 11.5. The van der Waals surface area contributed by atoms with E-state index in [9.17, 15) is 13.9 Å². The first kappa shape index (κ1) is 25.0. The number of aryl methyl sites for hydroxylation is 1. The van der Waals surface area contributed by atoms with Gasteiger partial charge >= 0.3 is 0 Å². The number of aromatic nitrogens is 4. The molecular weight excluding hydrogens is 456 g/mol. The maximum absolute atomic E-state index is 14.6. The molecule has 188 valence electrons. The summed E-state index contributed by atoms with van der Waals surface area (Å²) in [6.45, 7) is 5.86. The average Bonchev–Trinajstić information content (AvgIpc) is 3.29. The van der Waals surface area contributed by atoms with E-state index < -0.39 is 17.7 Å². The van der Waals surface area contributed by atoms with Crippen LogP contribution in [0.1, 0.15) is 51.0 Å². The fraction of sp³-hybridized carbons (Fsp3) is 0.520. The summed E-state index contributed by atoms with van der Waals surface area (Å²) in [5.74, 6) is -0.246. The molecule has 0 unspecified atom stereocenters. The van der Waals surface area contributed by atoms with Crippen molar-refractivity contribution in [2.45, 2.75) is 58.5 Å². The van der Waals surface area contributed by atoms with Crippen LogP contribution in [0.25, 0.3) is 11.4 Å². The number of hydrogen-bond donors (Lipinski definition) is 1. The quantitative estimate of drug-likeness (QED) is 0.421. The molecule has 0 bridgehead atoms. The number of anilines is 1. The van der Waals surface area contributed by atoms with Crippen molar-refractivity contribution >= 4 is 5.95 Å². The first-order chi connectivity index (χ1) is 16.9. The summed E-state index contributed by atoms with van der Waals surface area (Å²) in [4.78, 5) is 15.1. The predicted molar refractivity (Wildman–Crippen MR) is 126 cm³/mol. The normalized spacial score (nSPS) is 15.4. The topological polar surface area (TPSA) is 97.4 Å². The summed E-state index contributed by atoms with van der Waals surface area (Å²) >= 11 is 0. The second-order valence-electron chi connectivity index (χ2n) is 8.99. The van der Waals surface area contributed by atoms with Gasteiger partial charge in [-0.3, -0.25) is 0 Å². The van der Waals surface area contributed by atoms with E-state index in [2.05, 4.69) is 31.9 Å². The van der Waals surface area contributed by atoms with E-state index in [1.807, 2.05) is 12.4 Å². The molecule has 8 nitrogen and oxygen atoms in total. The third kappa shape index (κ3) is 6.50. The molecule has 1 atom stereocenters. The van der Waals surface area contributed by atoms with Crippen LogP contribution in [-0.2, 0) is 12.8 Å². The molecule has 1 aliphatic heterocycles. The van der Waals surface area contributed by atoms with Gasteiger partial charge in [0.15, 0.2) is 0 Å². The van der Waals surface area contributed by atoms with Crippen LogP contribution in [0.2, 0.25) is 0 Å². The average molecular weight is 488 g/mol. The molecule has 10 heteroatoms. The van der Waals surface area contributed by atoms with Crippen molar-refractivity contribution in [3.63, 3.8) is 0 Å². The highest BCUT2D eigenvalue weighted by atomic mass is 19.1. The summed E-state index contributed by atoms with van der Waals surface area (Å²) in [6.07, 6.45) is 8.01. The maximum Gasteiger partial charge on any atom is 0.229 e. The zero-order valence-corrected chi connectivity index (χ0v) is 20.1. The summed E-state index contributed by atoms with van der Waals surface area (Å²) in [5, 5.41) is 13.0. The molecule has 1 aliphatic rings. The van der Waals surface area contributed by atoms with Crippen molar-refractivity contribution in [2.24, 2.45) is 5.92 Å². The van der Waals surface area contributed by atoms with Crippen LogP contribution >= 0.6 is 0 Å². The molecule has 0 aliphatic carbocycles. The molecule has 0 radical (unpaired) electrons. The van der Waals surface area contributed by atoms with Crippen molar-refractivity contribution in [1.29, 1.82) is 0 Å². The molecule has 0 saturated carbocycles. The molecule has 0 amide bonds. The van der Waals surface area contributed by atoms with Crippen molar-refractivity contribution in [1.82, 2.24) is 20.1 Å². The summed E-state index contributed by atoms with van der Waals surface area (Å²) in [5.41, 5.74) is 0.757. The van der Waals surface area contributed by atoms with Gasteiger partial charge in [-0.05, 0) is 50.5 Å².